The van der Waals surface area contributed by atoms with Crippen molar-refractivity contribution < 1.29 is 3.79 Å². The van der Waals surface area contributed by atoms with Crippen LogP contribution in [0.5, 0.6) is 0 Å². The van der Waals surface area contributed by atoms with Gasteiger partial charge in [-0.05, 0) is 5.92 Å². The van der Waals surface area contributed by atoms with Gasteiger partial charge in [0.05, 0.1) is 0 Å². The molecule has 0 aromatic heterocycles. The smallest absolute Gasteiger partial charge is 0.369 e. The van der Waals surface area contributed by atoms with Gasteiger partial charge in [0.25, 0.3) is 0 Å². The molecule has 0 heterocycles. The second kappa shape index (κ2) is 11.0. The number of halogens is 2. The minimum absolute atomic E-state index is 0. The fourth-order valence-electron chi connectivity index (χ4n) is 0.192. The summed E-state index contributed by atoms with van der Waals surface area (Å²) in [5, 5.41) is 0. The predicted octanol–water partition coefficient (Wildman–Crippen LogP) is 1.59. The lowest BCUT2D eigenvalue weighted by Gasteiger charge is -2.00. The standard InChI is InChI=1S/C4H9O.Al.2ClH/c1-4(2)3-5;;;/h4H,3H2,1-2H3;;2*1H/q-1;+1;;. The number of hydrogen-bond acceptors (Lipinski definition) is 1. The molecular formula is C4H11AlCl2O. The molecule has 0 saturated carbocycles. The van der Waals surface area contributed by atoms with E-state index in [0.29, 0.717) is 5.92 Å². The van der Waals surface area contributed by atoms with E-state index < -0.39 is 0 Å². The van der Waals surface area contributed by atoms with E-state index in [2.05, 4.69) is 30.5 Å². The number of hydrogen-bond donors (Lipinski definition) is 0. The summed E-state index contributed by atoms with van der Waals surface area (Å²) in [5.41, 5.74) is 0. The minimum atomic E-state index is 0. The molecule has 0 saturated heterocycles. The van der Waals surface area contributed by atoms with Crippen molar-refractivity contribution in [1.29, 1.82) is 0 Å². The molecule has 0 bridgehead atoms. The van der Waals surface area contributed by atoms with Crippen LogP contribution in [0, 0.1) is 5.92 Å². The lowest BCUT2D eigenvalue weighted by Crippen LogP contribution is -1.97. The summed E-state index contributed by atoms with van der Waals surface area (Å²) in [6.45, 7) is 5.07. The van der Waals surface area contributed by atoms with Crippen molar-refractivity contribution in [2.45, 2.75) is 13.8 Å². The van der Waals surface area contributed by atoms with Crippen LogP contribution < -0.4 is 0 Å². The second-order valence-electron chi connectivity index (χ2n) is 1.73. The Morgan fingerprint density at radius 3 is 1.75 bits per heavy atom. The van der Waals surface area contributed by atoms with E-state index in [9.17, 15) is 0 Å². The van der Waals surface area contributed by atoms with Crippen molar-refractivity contribution in [3.8, 4) is 0 Å². The Kier molecular flexibility index (Phi) is 21.9. The van der Waals surface area contributed by atoms with Crippen molar-refractivity contribution in [1.82, 2.24) is 0 Å². The van der Waals surface area contributed by atoms with Gasteiger partial charge in [-0.1, -0.05) is 13.8 Å². The quantitative estimate of drug-likeness (QED) is 0.576. The first-order valence-corrected chi connectivity index (χ1v) is 2.56. The largest absolute Gasteiger partial charge is 0.516 e. The molecule has 8 heavy (non-hydrogen) atoms. The Labute approximate surface area is 71.8 Å². The lowest BCUT2D eigenvalue weighted by atomic mass is 10.2. The van der Waals surface area contributed by atoms with Gasteiger partial charge in [-0.15, -0.1) is 24.8 Å². The third-order valence-corrected chi connectivity index (χ3v) is 0.622. The fourth-order valence-corrected chi connectivity index (χ4v) is 0.577. The summed E-state index contributed by atoms with van der Waals surface area (Å²) in [7, 11) is 0. The SMILES string of the molecule is CC(C)C[O][Al].Cl.Cl. The molecule has 0 atom stereocenters. The normalized spacial score (nSPS) is 7.38. The van der Waals surface area contributed by atoms with Gasteiger partial charge in [-0.3, -0.25) is 0 Å². The van der Waals surface area contributed by atoms with Crippen molar-refractivity contribution in [3.05, 3.63) is 0 Å². The van der Waals surface area contributed by atoms with E-state index in [1.165, 1.54) is 0 Å². The van der Waals surface area contributed by atoms with Crippen LogP contribution in [0.3, 0.4) is 0 Å². The molecule has 0 aromatic rings. The monoisotopic (exact) mass is 172 g/mol. The molecule has 0 aliphatic heterocycles. The van der Waals surface area contributed by atoms with E-state index in [4.69, 9.17) is 3.79 Å². The molecule has 0 amide bonds. The Bertz CT molecular complexity index is 35.2. The molecule has 2 radical (unpaired) electrons. The van der Waals surface area contributed by atoms with Crippen LogP contribution in [0.25, 0.3) is 0 Å². The summed E-state index contributed by atoms with van der Waals surface area (Å²) in [5.74, 6) is 0.655. The maximum Gasteiger partial charge on any atom is 0.369 e. The highest BCUT2D eigenvalue weighted by molar-refractivity contribution is 5.97. The molecule has 0 fully saturated rings. The maximum atomic E-state index is 4.72. The summed E-state index contributed by atoms with van der Waals surface area (Å²) < 4.78 is 4.72. The highest BCUT2D eigenvalue weighted by Gasteiger charge is 1.84. The van der Waals surface area contributed by atoms with Crippen molar-refractivity contribution >= 4 is 41.4 Å². The van der Waals surface area contributed by atoms with E-state index in [0.717, 1.165) is 6.61 Å². The average Bonchev–Trinajstić information content (AvgIpc) is 1.35. The summed E-state index contributed by atoms with van der Waals surface area (Å²) in [4.78, 5) is 0. The van der Waals surface area contributed by atoms with Gasteiger partial charge >= 0.3 is 16.6 Å². The van der Waals surface area contributed by atoms with Gasteiger partial charge in [0.15, 0.2) is 0 Å². The molecular weight excluding hydrogens is 162 g/mol. The highest BCUT2D eigenvalue weighted by Crippen LogP contribution is 1.87. The van der Waals surface area contributed by atoms with Crippen molar-refractivity contribution in [3.63, 3.8) is 0 Å². The third kappa shape index (κ3) is 15.7. The van der Waals surface area contributed by atoms with Gasteiger partial charge in [-0.2, -0.15) is 0 Å². The Balaban J connectivity index is -0.000000125. The molecule has 1 nitrogen and oxygen atoms in total. The molecule has 0 unspecified atom stereocenters. The summed E-state index contributed by atoms with van der Waals surface area (Å²) in [6.07, 6.45) is 0. The zero-order valence-electron chi connectivity index (χ0n) is 5.09. The van der Waals surface area contributed by atoms with Crippen LogP contribution >= 0.6 is 24.8 Å². The van der Waals surface area contributed by atoms with E-state index >= 15 is 0 Å². The molecule has 0 aromatic carbocycles. The highest BCUT2D eigenvalue weighted by atomic mass is 35.5. The zero-order valence-corrected chi connectivity index (χ0v) is 7.87. The topological polar surface area (TPSA) is 9.23 Å². The van der Waals surface area contributed by atoms with Crippen LogP contribution in [-0.2, 0) is 3.79 Å². The molecule has 0 spiro atoms. The molecule has 0 aliphatic rings. The van der Waals surface area contributed by atoms with Crippen molar-refractivity contribution in [2.24, 2.45) is 5.92 Å². The first-order valence-electron chi connectivity index (χ1n) is 2.09. The Morgan fingerprint density at radius 1 is 1.38 bits per heavy atom. The van der Waals surface area contributed by atoms with Gasteiger partial charge in [-0.25, -0.2) is 0 Å². The minimum Gasteiger partial charge on any atom is -0.516 e. The molecule has 0 N–H and O–H groups in total. The molecule has 0 aliphatic carbocycles. The summed E-state index contributed by atoms with van der Waals surface area (Å²) in [6, 6.07) is 0. The molecule has 4 heteroatoms. The molecule has 50 valence electrons. The van der Waals surface area contributed by atoms with Gasteiger partial charge in [0.2, 0.25) is 0 Å². The van der Waals surface area contributed by atoms with E-state index in [1.807, 2.05) is 0 Å². The first-order chi connectivity index (χ1) is 2.77. The van der Waals surface area contributed by atoms with Crippen LogP contribution in [0.1, 0.15) is 13.8 Å². The van der Waals surface area contributed by atoms with Crippen LogP contribution in [0.2, 0.25) is 0 Å². The maximum absolute atomic E-state index is 4.72. The van der Waals surface area contributed by atoms with E-state index in [1.54, 1.807) is 0 Å². The Morgan fingerprint density at radius 2 is 1.75 bits per heavy atom. The van der Waals surface area contributed by atoms with Gasteiger partial charge in [0, 0.05) is 6.61 Å². The average molecular weight is 173 g/mol. The van der Waals surface area contributed by atoms with Crippen molar-refractivity contribution in [2.75, 3.05) is 6.61 Å². The summed E-state index contributed by atoms with van der Waals surface area (Å²) >= 11 is 2.22. The Hall–Kier alpha value is 1.07. The molecule has 0 rings (SSSR count). The van der Waals surface area contributed by atoms with Crippen LogP contribution in [0.4, 0.5) is 0 Å². The fraction of sp³-hybridized carbons (Fsp3) is 1.00. The van der Waals surface area contributed by atoms with E-state index in [-0.39, 0.29) is 24.8 Å². The number of rotatable bonds is 2. The van der Waals surface area contributed by atoms with Crippen LogP contribution in [0.15, 0.2) is 0 Å². The van der Waals surface area contributed by atoms with Gasteiger partial charge < -0.3 is 3.79 Å². The van der Waals surface area contributed by atoms with Gasteiger partial charge in [0.1, 0.15) is 0 Å². The van der Waals surface area contributed by atoms with Crippen LogP contribution in [-0.4, -0.2) is 23.2 Å². The zero-order chi connectivity index (χ0) is 4.99. The predicted molar refractivity (Wildman–Crippen MR) is 41.0 cm³/mol. The lowest BCUT2D eigenvalue weighted by molar-refractivity contribution is 0.295. The first kappa shape index (κ1) is 16.0. The third-order valence-electron chi connectivity index (χ3n) is 0.430. The second-order valence-corrected chi connectivity index (χ2v) is 2.06.